The Balaban J connectivity index is 0.00000529. The van der Waals surface area contributed by atoms with Crippen molar-refractivity contribution < 1.29 is 13.2 Å². The van der Waals surface area contributed by atoms with E-state index in [1.807, 2.05) is 6.92 Å². The molecular formula is C15H33IN4O3S. The van der Waals surface area contributed by atoms with Crippen LogP contribution in [0, 0.1) is 0 Å². The normalized spacial score (nSPS) is 17.9. The van der Waals surface area contributed by atoms with Gasteiger partial charge in [0, 0.05) is 39.0 Å². The number of nitrogens with one attached hydrogen (secondary N) is 2. The summed E-state index contributed by atoms with van der Waals surface area (Å²) in [5, 5.41) is 6.51. The van der Waals surface area contributed by atoms with Crippen LogP contribution in [0.5, 0.6) is 0 Å². The third-order valence-electron chi connectivity index (χ3n) is 3.83. The molecule has 7 nitrogen and oxygen atoms in total. The summed E-state index contributed by atoms with van der Waals surface area (Å²) in [7, 11) is -1.18. The summed E-state index contributed by atoms with van der Waals surface area (Å²) in [6.07, 6.45) is 4.07. The Morgan fingerprint density at radius 3 is 2.54 bits per heavy atom. The van der Waals surface area contributed by atoms with Crippen LogP contribution in [0.2, 0.25) is 0 Å². The van der Waals surface area contributed by atoms with Crippen molar-refractivity contribution in [3.05, 3.63) is 0 Å². The second-order valence-electron chi connectivity index (χ2n) is 6.12. The lowest BCUT2D eigenvalue weighted by Crippen LogP contribution is -2.43. The fraction of sp³-hybridized carbons (Fsp3) is 0.933. The van der Waals surface area contributed by atoms with Crippen molar-refractivity contribution in [3.8, 4) is 0 Å². The van der Waals surface area contributed by atoms with Gasteiger partial charge in [0.25, 0.3) is 0 Å². The molecule has 1 saturated heterocycles. The molecular weight excluding hydrogens is 443 g/mol. The molecule has 2 N–H and O–H groups in total. The van der Waals surface area contributed by atoms with Crippen LogP contribution in [0.3, 0.4) is 0 Å². The molecule has 0 bridgehead atoms. The minimum Gasteiger partial charge on any atom is -0.379 e. The largest absolute Gasteiger partial charge is 0.379 e. The Kier molecular flexibility index (Phi) is 13.1. The number of sulfone groups is 1. The summed E-state index contributed by atoms with van der Waals surface area (Å²) in [5.41, 5.74) is 0. The van der Waals surface area contributed by atoms with E-state index >= 15 is 0 Å². The molecule has 1 aliphatic heterocycles. The number of aliphatic imine (C=N–C) groups is 1. The summed E-state index contributed by atoms with van der Waals surface area (Å²) in [5.74, 6) is 0.926. The first kappa shape index (κ1) is 23.9. The van der Waals surface area contributed by atoms with E-state index in [0.29, 0.717) is 6.42 Å². The minimum absolute atomic E-state index is 0. The zero-order valence-electron chi connectivity index (χ0n) is 15.1. The van der Waals surface area contributed by atoms with Crippen LogP contribution in [-0.2, 0) is 14.6 Å². The first-order chi connectivity index (χ1) is 10.9. The average molecular weight is 476 g/mol. The van der Waals surface area contributed by atoms with Crippen LogP contribution in [-0.4, -0.2) is 83.8 Å². The first-order valence-electron chi connectivity index (χ1n) is 8.35. The minimum atomic E-state index is -2.91. The summed E-state index contributed by atoms with van der Waals surface area (Å²) < 4.78 is 27.7. The highest BCUT2D eigenvalue weighted by Gasteiger charge is 2.10. The summed E-state index contributed by atoms with van der Waals surface area (Å²) in [4.78, 5) is 6.61. The second-order valence-corrected chi connectivity index (χ2v) is 8.38. The fourth-order valence-electron chi connectivity index (χ4n) is 2.38. The lowest BCUT2D eigenvalue weighted by atomic mass is 10.2. The third-order valence-corrected chi connectivity index (χ3v) is 4.80. The Morgan fingerprint density at radius 2 is 1.96 bits per heavy atom. The van der Waals surface area contributed by atoms with Gasteiger partial charge in [-0.05, 0) is 32.7 Å². The number of unbranched alkanes of at least 4 members (excludes halogenated alkanes) is 1. The monoisotopic (exact) mass is 476 g/mol. The van der Waals surface area contributed by atoms with E-state index in [1.54, 1.807) is 7.05 Å². The molecule has 1 atom stereocenters. The van der Waals surface area contributed by atoms with Crippen LogP contribution < -0.4 is 10.6 Å². The van der Waals surface area contributed by atoms with E-state index in [0.717, 1.165) is 58.2 Å². The van der Waals surface area contributed by atoms with Gasteiger partial charge in [-0.3, -0.25) is 9.89 Å². The van der Waals surface area contributed by atoms with Crippen molar-refractivity contribution in [3.63, 3.8) is 0 Å². The van der Waals surface area contributed by atoms with Gasteiger partial charge in [0.15, 0.2) is 5.96 Å². The summed E-state index contributed by atoms with van der Waals surface area (Å²) in [6.45, 7) is 7.71. The molecule has 0 spiro atoms. The fourth-order valence-corrected chi connectivity index (χ4v) is 3.16. The lowest BCUT2D eigenvalue weighted by Gasteiger charge is -2.26. The molecule has 1 aliphatic rings. The molecule has 0 aromatic carbocycles. The zero-order chi connectivity index (χ0) is 17.1. The highest BCUT2D eigenvalue weighted by molar-refractivity contribution is 14.0. The van der Waals surface area contributed by atoms with Crippen LogP contribution in [0.4, 0.5) is 0 Å². The second kappa shape index (κ2) is 13.1. The SMILES string of the molecule is CN=C(NCCCCN1CCOCC1)NC(C)CCS(C)(=O)=O.I. The van der Waals surface area contributed by atoms with Gasteiger partial charge >= 0.3 is 0 Å². The van der Waals surface area contributed by atoms with Crippen molar-refractivity contribution in [2.24, 2.45) is 4.99 Å². The van der Waals surface area contributed by atoms with Crippen LogP contribution in [0.25, 0.3) is 0 Å². The third kappa shape index (κ3) is 12.3. The molecule has 1 rings (SSSR count). The molecule has 0 saturated carbocycles. The number of morpholine rings is 1. The Hall–Kier alpha value is -0.130. The van der Waals surface area contributed by atoms with Gasteiger partial charge in [-0.1, -0.05) is 0 Å². The van der Waals surface area contributed by atoms with Crippen molar-refractivity contribution >= 4 is 39.8 Å². The number of ether oxygens (including phenoxy) is 1. The molecule has 1 fully saturated rings. The van der Waals surface area contributed by atoms with Gasteiger partial charge in [0.1, 0.15) is 9.84 Å². The molecule has 9 heteroatoms. The van der Waals surface area contributed by atoms with Gasteiger partial charge < -0.3 is 15.4 Å². The van der Waals surface area contributed by atoms with Gasteiger partial charge in [0.2, 0.25) is 0 Å². The van der Waals surface area contributed by atoms with Gasteiger partial charge in [-0.25, -0.2) is 8.42 Å². The quantitative estimate of drug-likeness (QED) is 0.221. The Morgan fingerprint density at radius 1 is 1.29 bits per heavy atom. The summed E-state index contributed by atoms with van der Waals surface area (Å²) in [6, 6.07) is 0.0734. The van der Waals surface area contributed by atoms with E-state index in [1.165, 1.54) is 6.26 Å². The number of nitrogens with zero attached hydrogens (tertiary/aromatic N) is 2. The molecule has 0 aromatic rings. The predicted octanol–water partition coefficient (Wildman–Crippen LogP) is 0.705. The molecule has 0 aromatic heterocycles. The van der Waals surface area contributed by atoms with E-state index < -0.39 is 9.84 Å². The molecule has 1 unspecified atom stereocenters. The van der Waals surface area contributed by atoms with Crippen molar-refractivity contribution in [2.75, 3.05) is 58.4 Å². The van der Waals surface area contributed by atoms with Crippen molar-refractivity contribution in [2.45, 2.75) is 32.2 Å². The number of hydrogen-bond acceptors (Lipinski definition) is 5. The average Bonchev–Trinajstić information content (AvgIpc) is 2.52. The molecule has 0 amide bonds. The molecule has 1 heterocycles. The van der Waals surface area contributed by atoms with Gasteiger partial charge in [0.05, 0.1) is 19.0 Å². The van der Waals surface area contributed by atoms with Gasteiger partial charge in [-0.2, -0.15) is 0 Å². The molecule has 0 aliphatic carbocycles. The first-order valence-corrected chi connectivity index (χ1v) is 10.4. The Bertz CT molecular complexity index is 454. The molecule has 0 radical (unpaired) electrons. The van der Waals surface area contributed by atoms with Crippen molar-refractivity contribution in [1.29, 1.82) is 0 Å². The molecule has 144 valence electrons. The standard InChI is InChI=1S/C15H32N4O3S.HI/c1-14(6-13-23(3,20)21)18-15(16-2)17-7-4-5-8-19-9-11-22-12-10-19;/h14H,4-13H2,1-3H3,(H2,16,17,18);1H. The number of halogens is 1. The van der Waals surface area contributed by atoms with Crippen LogP contribution in [0.15, 0.2) is 4.99 Å². The predicted molar refractivity (Wildman–Crippen MR) is 110 cm³/mol. The maximum atomic E-state index is 11.2. The zero-order valence-corrected chi connectivity index (χ0v) is 18.2. The Labute approximate surface area is 163 Å². The van der Waals surface area contributed by atoms with E-state index in [-0.39, 0.29) is 35.8 Å². The summed E-state index contributed by atoms with van der Waals surface area (Å²) >= 11 is 0. The van der Waals surface area contributed by atoms with Crippen LogP contribution >= 0.6 is 24.0 Å². The highest BCUT2D eigenvalue weighted by Crippen LogP contribution is 2.00. The highest BCUT2D eigenvalue weighted by atomic mass is 127. The number of guanidine groups is 1. The topological polar surface area (TPSA) is 83.0 Å². The molecule has 24 heavy (non-hydrogen) atoms. The van der Waals surface area contributed by atoms with Crippen molar-refractivity contribution in [1.82, 2.24) is 15.5 Å². The maximum Gasteiger partial charge on any atom is 0.191 e. The van der Waals surface area contributed by atoms with E-state index in [2.05, 4.69) is 20.5 Å². The number of rotatable bonds is 9. The maximum absolute atomic E-state index is 11.2. The van der Waals surface area contributed by atoms with E-state index in [4.69, 9.17) is 4.74 Å². The van der Waals surface area contributed by atoms with Crippen LogP contribution in [0.1, 0.15) is 26.2 Å². The lowest BCUT2D eigenvalue weighted by molar-refractivity contribution is 0.0372. The van der Waals surface area contributed by atoms with E-state index in [9.17, 15) is 8.42 Å². The number of hydrogen-bond donors (Lipinski definition) is 2. The smallest absolute Gasteiger partial charge is 0.191 e. The van der Waals surface area contributed by atoms with Gasteiger partial charge in [-0.15, -0.1) is 24.0 Å².